The van der Waals surface area contributed by atoms with Crippen LogP contribution in [0.15, 0.2) is 24.3 Å². The van der Waals surface area contributed by atoms with Crippen LogP contribution in [-0.2, 0) is 9.84 Å². The zero-order chi connectivity index (χ0) is 17.1. The van der Waals surface area contributed by atoms with Crippen LogP contribution in [0.3, 0.4) is 0 Å². The maximum atomic E-state index is 11.5. The van der Waals surface area contributed by atoms with Gasteiger partial charge in [0.05, 0.1) is 11.5 Å². The summed E-state index contributed by atoms with van der Waals surface area (Å²) >= 11 is 0. The summed E-state index contributed by atoms with van der Waals surface area (Å²) in [7, 11) is -2.77. The summed E-state index contributed by atoms with van der Waals surface area (Å²) in [5.74, 6) is 2.02. The molecular formula is C18H29NO3S. The molecule has 0 spiro atoms. The summed E-state index contributed by atoms with van der Waals surface area (Å²) in [5.41, 5.74) is 1.03. The van der Waals surface area contributed by atoms with E-state index in [4.69, 9.17) is 4.74 Å². The Bertz CT molecular complexity index is 588. The van der Waals surface area contributed by atoms with E-state index >= 15 is 0 Å². The number of benzene rings is 1. The molecular weight excluding hydrogens is 310 g/mol. The van der Waals surface area contributed by atoms with Crippen molar-refractivity contribution in [1.82, 2.24) is 5.32 Å². The summed E-state index contributed by atoms with van der Waals surface area (Å²) in [6.07, 6.45) is 1.56. The van der Waals surface area contributed by atoms with Gasteiger partial charge in [-0.2, -0.15) is 0 Å². The van der Waals surface area contributed by atoms with Gasteiger partial charge < -0.3 is 10.1 Å². The lowest BCUT2D eigenvalue weighted by Gasteiger charge is -2.25. The fourth-order valence-corrected chi connectivity index (χ4v) is 4.37. The van der Waals surface area contributed by atoms with E-state index in [2.05, 4.69) is 24.4 Å². The molecule has 1 aliphatic rings. The average Bonchev–Trinajstić information content (AvgIpc) is 2.45. The van der Waals surface area contributed by atoms with Crippen molar-refractivity contribution < 1.29 is 13.2 Å². The second-order valence-electron chi connectivity index (χ2n) is 7.51. The molecule has 1 unspecified atom stereocenters. The lowest BCUT2D eigenvalue weighted by Crippen LogP contribution is -2.32. The lowest BCUT2D eigenvalue weighted by molar-refractivity contribution is 0.131. The largest absolute Gasteiger partial charge is 0.488 e. The second kappa shape index (κ2) is 7.22. The SMILES string of the molecule is CC(NCC1CCS(=O)(=O)CC1)c1ccc(OC(C)(C)C)cc1. The highest BCUT2D eigenvalue weighted by Gasteiger charge is 2.23. The Balaban J connectivity index is 1.83. The molecule has 130 valence electrons. The van der Waals surface area contributed by atoms with Crippen molar-refractivity contribution in [2.24, 2.45) is 5.92 Å². The number of hydrogen-bond donors (Lipinski definition) is 1. The number of nitrogens with one attached hydrogen (secondary N) is 1. The molecule has 1 aromatic rings. The summed E-state index contributed by atoms with van der Waals surface area (Å²) in [4.78, 5) is 0. The molecule has 1 atom stereocenters. The van der Waals surface area contributed by atoms with Gasteiger partial charge in [0.25, 0.3) is 0 Å². The van der Waals surface area contributed by atoms with Crippen molar-refractivity contribution in [2.75, 3.05) is 18.1 Å². The van der Waals surface area contributed by atoms with E-state index in [1.807, 2.05) is 32.9 Å². The third-order valence-corrected chi connectivity index (χ3v) is 5.91. The van der Waals surface area contributed by atoms with Crippen LogP contribution in [0.25, 0.3) is 0 Å². The zero-order valence-corrected chi connectivity index (χ0v) is 15.4. The van der Waals surface area contributed by atoms with Crippen molar-refractivity contribution in [3.05, 3.63) is 29.8 Å². The fourth-order valence-electron chi connectivity index (χ4n) is 2.78. The van der Waals surface area contributed by atoms with E-state index in [0.717, 1.165) is 25.1 Å². The minimum absolute atomic E-state index is 0.188. The monoisotopic (exact) mass is 339 g/mol. The van der Waals surface area contributed by atoms with Gasteiger partial charge in [0.1, 0.15) is 21.2 Å². The predicted octanol–water partition coefficient (Wildman–Crippen LogP) is 3.34. The molecule has 5 heteroatoms. The van der Waals surface area contributed by atoms with E-state index in [0.29, 0.717) is 17.4 Å². The van der Waals surface area contributed by atoms with Gasteiger partial charge in [-0.3, -0.25) is 0 Å². The van der Waals surface area contributed by atoms with Crippen LogP contribution >= 0.6 is 0 Å². The highest BCUT2D eigenvalue weighted by Crippen LogP contribution is 2.23. The Labute approximate surface area is 140 Å². The first-order valence-corrected chi connectivity index (χ1v) is 10.2. The molecule has 0 amide bonds. The molecule has 0 aromatic heterocycles. The van der Waals surface area contributed by atoms with Gasteiger partial charge in [-0.25, -0.2) is 8.42 Å². The Morgan fingerprint density at radius 2 is 1.74 bits per heavy atom. The second-order valence-corrected chi connectivity index (χ2v) is 9.81. The predicted molar refractivity (Wildman–Crippen MR) is 94.6 cm³/mol. The van der Waals surface area contributed by atoms with Crippen LogP contribution in [0.5, 0.6) is 5.75 Å². The minimum Gasteiger partial charge on any atom is -0.488 e. The van der Waals surface area contributed by atoms with Crippen LogP contribution in [-0.4, -0.2) is 32.1 Å². The molecule has 23 heavy (non-hydrogen) atoms. The maximum Gasteiger partial charge on any atom is 0.150 e. The molecule has 1 N–H and O–H groups in total. The first-order chi connectivity index (χ1) is 10.6. The van der Waals surface area contributed by atoms with Gasteiger partial charge >= 0.3 is 0 Å². The number of hydrogen-bond acceptors (Lipinski definition) is 4. The standard InChI is InChI=1S/C18H29NO3S/c1-14(19-13-15-9-11-23(20,21)12-10-15)16-5-7-17(8-6-16)22-18(2,3)4/h5-8,14-15,19H,9-13H2,1-4H3. The molecule has 1 aromatic carbocycles. The van der Waals surface area contributed by atoms with E-state index in [1.54, 1.807) is 0 Å². The molecule has 0 saturated carbocycles. The van der Waals surface area contributed by atoms with Crippen LogP contribution in [0.4, 0.5) is 0 Å². The van der Waals surface area contributed by atoms with Gasteiger partial charge in [-0.15, -0.1) is 0 Å². The molecule has 2 rings (SSSR count). The van der Waals surface area contributed by atoms with Crippen LogP contribution in [0, 0.1) is 5.92 Å². The third-order valence-electron chi connectivity index (χ3n) is 4.19. The maximum absolute atomic E-state index is 11.5. The van der Waals surface area contributed by atoms with Crippen molar-refractivity contribution in [1.29, 1.82) is 0 Å². The smallest absolute Gasteiger partial charge is 0.150 e. The Hall–Kier alpha value is -1.07. The third kappa shape index (κ3) is 6.15. The molecule has 1 fully saturated rings. The first-order valence-electron chi connectivity index (χ1n) is 8.37. The molecule has 0 bridgehead atoms. The van der Waals surface area contributed by atoms with Gasteiger partial charge in [-0.1, -0.05) is 12.1 Å². The minimum atomic E-state index is -2.77. The van der Waals surface area contributed by atoms with Gasteiger partial charge in [0.2, 0.25) is 0 Å². The molecule has 0 radical (unpaired) electrons. The van der Waals surface area contributed by atoms with Crippen molar-refractivity contribution >= 4 is 9.84 Å². The van der Waals surface area contributed by atoms with E-state index in [9.17, 15) is 8.42 Å². The van der Waals surface area contributed by atoms with E-state index in [1.165, 1.54) is 5.56 Å². The molecule has 1 aliphatic heterocycles. The van der Waals surface area contributed by atoms with E-state index < -0.39 is 9.84 Å². The summed E-state index contributed by atoms with van der Waals surface area (Å²) < 4.78 is 28.7. The van der Waals surface area contributed by atoms with Crippen LogP contribution in [0.1, 0.15) is 52.1 Å². The van der Waals surface area contributed by atoms with Crippen LogP contribution < -0.4 is 10.1 Å². The fraction of sp³-hybridized carbons (Fsp3) is 0.667. The van der Waals surface area contributed by atoms with E-state index in [-0.39, 0.29) is 11.6 Å². The highest BCUT2D eigenvalue weighted by atomic mass is 32.2. The van der Waals surface area contributed by atoms with Gasteiger partial charge in [0, 0.05) is 6.04 Å². The quantitative estimate of drug-likeness (QED) is 0.894. The molecule has 0 aliphatic carbocycles. The summed E-state index contributed by atoms with van der Waals surface area (Å²) in [6, 6.07) is 8.43. The number of rotatable bonds is 5. The normalized spacial score (nSPS) is 20.2. The molecule has 4 nitrogen and oxygen atoms in total. The zero-order valence-electron chi connectivity index (χ0n) is 14.6. The Morgan fingerprint density at radius 3 is 2.26 bits per heavy atom. The number of sulfone groups is 1. The Kier molecular flexibility index (Phi) is 5.74. The molecule has 1 heterocycles. The lowest BCUT2D eigenvalue weighted by atomic mass is 10.0. The topological polar surface area (TPSA) is 55.4 Å². The average molecular weight is 340 g/mol. The van der Waals surface area contributed by atoms with Crippen molar-refractivity contribution in [3.63, 3.8) is 0 Å². The number of ether oxygens (including phenoxy) is 1. The van der Waals surface area contributed by atoms with Gasteiger partial charge in [-0.05, 0) is 70.7 Å². The molecule has 1 saturated heterocycles. The Morgan fingerprint density at radius 1 is 1.17 bits per heavy atom. The van der Waals surface area contributed by atoms with Crippen LogP contribution in [0.2, 0.25) is 0 Å². The van der Waals surface area contributed by atoms with Crippen molar-refractivity contribution in [3.8, 4) is 5.75 Å². The highest BCUT2D eigenvalue weighted by molar-refractivity contribution is 7.91. The van der Waals surface area contributed by atoms with Gasteiger partial charge in [0.15, 0.2) is 0 Å². The summed E-state index contributed by atoms with van der Waals surface area (Å²) in [5, 5.41) is 3.53. The van der Waals surface area contributed by atoms with Crippen molar-refractivity contribution in [2.45, 2.75) is 52.2 Å². The summed E-state index contributed by atoms with van der Waals surface area (Å²) in [6.45, 7) is 9.12. The first kappa shape index (κ1) is 18.3.